The lowest BCUT2D eigenvalue weighted by atomic mass is 9.95. The Morgan fingerprint density at radius 2 is 2.00 bits per heavy atom. The van der Waals surface area contributed by atoms with Crippen LogP contribution in [-0.2, 0) is 4.79 Å². The Hall–Kier alpha value is -2.18. The van der Waals surface area contributed by atoms with Crippen LogP contribution in [0.15, 0.2) is 29.1 Å². The maximum atomic E-state index is 11.7. The zero-order chi connectivity index (χ0) is 17.9. The number of hydrogen-bond donors (Lipinski definition) is 3. The Balaban J connectivity index is 2.55. The monoisotopic (exact) mass is 332 g/mol. The van der Waals surface area contributed by atoms with E-state index in [1.807, 2.05) is 20.8 Å². The summed E-state index contributed by atoms with van der Waals surface area (Å²) < 4.78 is 5.16. The van der Waals surface area contributed by atoms with Gasteiger partial charge in [-0.3, -0.25) is 9.59 Å². The van der Waals surface area contributed by atoms with E-state index in [-0.39, 0.29) is 23.4 Å². The van der Waals surface area contributed by atoms with Gasteiger partial charge in [0.25, 0.3) is 0 Å². The molecule has 2 aromatic rings. The van der Waals surface area contributed by atoms with Gasteiger partial charge in [-0.25, -0.2) is 0 Å². The van der Waals surface area contributed by atoms with E-state index >= 15 is 0 Å². The second-order valence-corrected chi connectivity index (χ2v) is 6.14. The van der Waals surface area contributed by atoms with Gasteiger partial charge < -0.3 is 20.1 Å². The molecule has 0 amide bonds. The molecule has 130 valence electrons. The summed E-state index contributed by atoms with van der Waals surface area (Å²) in [4.78, 5) is 25.6. The topological polar surface area (TPSA) is 91.4 Å². The molecule has 0 aliphatic rings. The average molecular weight is 332 g/mol. The van der Waals surface area contributed by atoms with Crippen molar-refractivity contribution in [2.24, 2.45) is 0 Å². The van der Waals surface area contributed by atoms with Crippen molar-refractivity contribution in [3.63, 3.8) is 0 Å². The van der Waals surface area contributed by atoms with Crippen LogP contribution in [-0.4, -0.2) is 28.1 Å². The molecule has 0 radical (unpaired) electrons. The number of H-pyrrole nitrogens is 1. The van der Waals surface area contributed by atoms with Crippen molar-refractivity contribution in [2.75, 3.05) is 0 Å². The van der Waals surface area contributed by atoms with Gasteiger partial charge in [0.15, 0.2) is 5.75 Å². The van der Waals surface area contributed by atoms with Gasteiger partial charge >= 0.3 is 5.97 Å². The third kappa shape index (κ3) is 4.01. The maximum Gasteiger partial charge on any atom is 0.308 e. The fraction of sp³-hybridized carbons (Fsp3) is 0.444. The molecule has 0 fully saturated rings. The molecule has 0 aliphatic heterocycles. The predicted octanol–water partition coefficient (Wildman–Crippen LogP) is 2.26. The van der Waals surface area contributed by atoms with Gasteiger partial charge in [-0.2, -0.15) is 0 Å². The van der Waals surface area contributed by atoms with E-state index in [2.05, 4.69) is 10.3 Å². The second-order valence-electron chi connectivity index (χ2n) is 6.14. The van der Waals surface area contributed by atoms with Gasteiger partial charge in [-0.05, 0) is 24.1 Å². The SMILES string of the molecule is CCC(NC(C)C)C(O)c1ccc(OC(C)=O)c2[nH]c(=O)ccc12. The molecular formula is C18H24N2O4. The first-order chi connectivity index (χ1) is 11.3. The number of esters is 1. The number of aromatic amines is 1. The molecule has 0 aliphatic carbocycles. The van der Waals surface area contributed by atoms with Gasteiger partial charge in [0.05, 0.1) is 11.6 Å². The Bertz CT molecular complexity index is 782. The highest BCUT2D eigenvalue weighted by Crippen LogP contribution is 2.31. The summed E-state index contributed by atoms with van der Waals surface area (Å²) in [5.74, 6) is -0.196. The summed E-state index contributed by atoms with van der Waals surface area (Å²) in [6.07, 6.45) is -0.00669. The van der Waals surface area contributed by atoms with Crippen LogP contribution >= 0.6 is 0 Å². The van der Waals surface area contributed by atoms with Gasteiger partial charge in [0.1, 0.15) is 0 Å². The highest BCUT2D eigenvalue weighted by atomic mass is 16.5. The summed E-state index contributed by atoms with van der Waals surface area (Å²) in [6, 6.07) is 6.47. The maximum absolute atomic E-state index is 11.7. The van der Waals surface area contributed by atoms with Crippen molar-refractivity contribution in [1.29, 1.82) is 0 Å². The van der Waals surface area contributed by atoms with E-state index in [0.29, 0.717) is 16.5 Å². The number of aromatic nitrogens is 1. The lowest BCUT2D eigenvalue weighted by molar-refractivity contribution is -0.131. The second kappa shape index (κ2) is 7.59. The smallest absolute Gasteiger partial charge is 0.308 e. The van der Waals surface area contributed by atoms with Gasteiger partial charge in [0, 0.05) is 30.5 Å². The molecule has 6 nitrogen and oxygen atoms in total. The quantitative estimate of drug-likeness (QED) is 0.557. The molecule has 3 N–H and O–H groups in total. The van der Waals surface area contributed by atoms with Crippen molar-refractivity contribution in [2.45, 2.75) is 52.3 Å². The van der Waals surface area contributed by atoms with E-state index < -0.39 is 12.1 Å². The molecule has 2 atom stereocenters. The molecule has 6 heteroatoms. The highest BCUT2D eigenvalue weighted by molar-refractivity contribution is 5.89. The van der Waals surface area contributed by atoms with Crippen LogP contribution in [0.1, 0.15) is 45.8 Å². The Morgan fingerprint density at radius 1 is 1.29 bits per heavy atom. The first kappa shape index (κ1) is 18.2. The largest absolute Gasteiger partial charge is 0.424 e. The average Bonchev–Trinajstić information content (AvgIpc) is 2.51. The number of hydrogen-bond acceptors (Lipinski definition) is 5. The zero-order valence-corrected chi connectivity index (χ0v) is 14.4. The fourth-order valence-electron chi connectivity index (χ4n) is 2.82. The van der Waals surface area contributed by atoms with Crippen LogP contribution in [0.3, 0.4) is 0 Å². The lowest BCUT2D eigenvalue weighted by Gasteiger charge is -2.26. The molecule has 2 unspecified atom stereocenters. The molecule has 1 aromatic carbocycles. The van der Waals surface area contributed by atoms with Crippen molar-refractivity contribution in [1.82, 2.24) is 10.3 Å². The third-order valence-electron chi connectivity index (χ3n) is 3.83. The van der Waals surface area contributed by atoms with Crippen molar-refractivity contribution >= 4 is 16.9 Å². The third-order valence-corrected chi connectivity index (χ3v) is 3.83. The summed E-state index contributed by atoms with van der Waals surface area (Å²) >= 11 is 0. The van der Waals surface area contributed by atoms with E-state index in [1.54, 1.807) is 18.2 Å². The molecule has 2 rings (SSSR count). The number of carbonyl (C=O) groups is 1. The molecule has 24 heavy (non-hydrogen) atoms. The van der Waals surface area contributed by atoms with Crippen LogP contribution in [0.5, 0.6) is 5.75 Å². The van der Waals surface area contributed by atoms with Crippen molar-refractivity contribution in [3.8, 4) is 5.75 Å². The molecule has 0 spiro atoms. The molecule has 1 aromatic heterocycles. The first-order valence-corrected chi connectivity index (χ1v) is 8.12. The van der Waals surface area contributed by atoms with Gasteiger partial charge in [-0.1, -0.05) is 26.8 Å². The molecule has 0 bridgehead atoms. The van der Waals surface area contributed by atoms with Crippen molar-refractivity contribution < 1.29 is 14.6 Å². The fourth-order valence-corrected chi connectivity index (χ4v) is 2.82. The van der Waals surface area contributed by atoms with E-state index in [4.69, 9.17) is 4.74 Å². The predicted molar refractivity (Wildman–Crippen MR) is 93.2 cm³/mol. The number of aliphatic hydroxyl groups excluding tert-OH is 1. The Kier molecular flexibility index (Phi) is 5.75. The summed E-state index contributed by atoms with van der Waals surface area (Å²) in [5.41, 5.74) is 0.792. The number of rotatable bonds is 6. The zero-order valence-electron chi connectivity index (χ0n) is 14.4. The number of benzene rings is 1. The molecule has 0 saturated carbocycles. The Morgan fingerprint density at radius 3 is 2.58 bits per heavy atom. The van der Waals surface area contributed by atoms with Gasteiger partial charge in [0.2, 0.25) is 5.56 Å². The van der Waals surface area contributed by atoms with E-state index in [0.717, 1.165) is 6.42 Å². The van der Waals surface area contributed by atoms with Crippen LogP contribution in [0, 0.1) is 0 Å². The highest BCUT2D eigenvalue weighted by Gasteiger charge is 2.23. The van der Waals surface area contributed by atoms with Gasteiger partial charge in [-0.15, -0.1) is 0 Å². The minimum atomic E-state index is -0.753. The number of carbonyl (C=O) groups excluding carboxylic acids is 1. The van der Waals surface area contributed by atoms with Crippen LogP contribution in [0.2, 0.25) is 0 Å². The standard InChI is InChI=1S/C18H24N2O4/c1-5-14(19-10(2)3)18(23)13-6-8-15(24-11(4)21)17-12(13)7-9-16(22)20-17/h6-10,14,18-19,23H,5H2,1-4H3,(H,20,22). The summed E-state index contributed by atoms with van der Waals surface area (Å²) in [6.45, 7) is 7.35. The summed E-state index contributed by atoms with van der Waals surface area (Å²) in [5, 5.41) is 14.8. The van der Waals surface area contributed by atoms with E-state index in [9.17, 15) is 14.7 Å². The normalized spacial score (nSPS) is 13.9. The Labute approximate surface area is 140 Å². The molecule has 1 heterocycles. The van der Waals surface area contributed by atoms with Crippen LogP contribution in [0.4, 0.5) is 0 Å². The van der Waals surface area contributed by atoms with Crippen molar-refractivity contribution in [3.05, 3.63) is 40.2 Å². The first-order valence-electron chi connectivity index (χ1n) is 8.12. The van der Waals surface area contributed by atoms with E-state index in [1.165, 1.54) is 13.0 Å². The number of pyridine rings is 1. The molecule has 0 saturated heterocycles. The van der Waals surface area contributed by atoms with Crippen LogP contribution < -0.4 is 15.6 Å². The minimum absolute atomic E-state index is 0.125. The number of fused-ring (bicyclic) bond motifs is 1. The summed E-state index contributed by atoms with van der Waals surface area (Å²) in [7, 11) is 0. The number of ether oxygens (including phenoxy) is 1. The number of aliphatic hydroxyl groups is 1. The lowest BCUT2D eigenvalue weighted by Crippen LogP contribution is -2.39. The van der Waals surface area contributed by atoms with Crippen LogP contribution in [0.25, 0.3) is 10.9 Å². The number of nitrogens with one attached hydrogen (secondary N) is 2. The molecular weight excluding hydrogens is 308 g/mol. The minimum Gasteiger partial charge on any atom is -0.424 e.